The second kappa shape index (κ2) is 7.25. The zero-order valence-electron chi connectivity index (χ0n) is 9.60. The Morgan fingerprint density at radius 2 is 2.06 bits per heavy atom. The molecule has 90 valence electrons. The maximum atomic E-state index is 11.3. The first-order valence-electron chi connectivity index (χ1n) is 5.12. The van der Waals surface area contributed by atoms with E-state index in [1.165, 1.54) is 0 Å². The lowest BCUT2D eigenvalue weighted by Gasteiger charge is -2.11. The fourth-order valence-electron chi connectivity index (χ4n) is 1.41. The molecule has 0 aromatic heterocycles. The number of carbonyl (C=O) groups excluding carboxylic acids is 1. The summed E-state index contributed by atoms with van der Waals surface area (Å²) in [5.74, 6) is -0.333. The van der Waals surface area contributed by atoms with E-state index in [2.05, 4.69) is 0 Å². The van der Waals surface area contributed by atoms with Crippen LogP contribution in [0, 0.1) is 6.92 Å². The smallest absolute Gasteiger partial charge is 0.323 e. The number of nitrogens with two attached hydrogens (primary N) is 1. The van der Waals surface area contributed by atoms with Gasteiger partial charge in [-0.3, -0.25) is 4.79 Å². The van der Waals surface area contributed by atoms with Crippen LogP contribution in [0.25, 0.3) is 0 Å². The monoisotopic (exact) mass is 243 g/mol. The molecule has 0 spiro atoms. The molecule has 0 heterocycles. The highest BCUT2D eigenvalue weighted by atomic mass is 35.5. The Balaban J connectivity index is 0.00000225. The third-order valence-electron chi connectivity index (χ3n) is 2.29. The first-order chi connectivity index (χ1) is 7.15. The van der Waals surface area contributed by atoms with Gasteiger partial charge in [-0.2, -0.15) is 0 Å². The summed E-state index contributed by atoms with van der Waals surface area (Å²) in [5, 5.41) is 0. The van der Waals surface area contributed by atoms with Crippen molar-refractivity contribution in [3.63, 3.8) is 0 Å². The summed E-state index contributed by atoms with van der Waals surface area (Å²) in [6.07, 6.45) is 0.533. The van der Waals surface area contributed by atoms with Gasteiger partial charge in [0.1, 0.15) is 6.04 Å². The predicted molar refractivity (Wildman–Crippen MR) is 66.7 cm³/mol. The van der Waals surface area contributed by atoms with Crippen molar-refractivity contribution in [1.29, 1.82) is 0 Å². The van der Waals surface area contributed by atoms with Gasteiger partial charge in [-0.15, -0.1) is 12.4 Å². The Morgan fingerprint density at radius 1 is 1.44 bits per heavy atom. The van der Waals surface area contributed by atoms with E-state index in [0.717, 1.165) is 11.1 Å². The standard InChI is InChI=1S/C12H17NO2.ClH/c1-3-15-12(14)11(13)8-10-7-5-4-6-9(10)2;/h4-7,11H,3,8,13H2,1-2H3;1H/t11-;/m0./s1. The van der Waals surface area contributed by atoms with Crippen molar-refractivity contribution in [3.05, 3.63) is 35.4 Å². The second-order valence-corrected chi connectivity index (χ2v) is 3.49. The highest BCUT2D eigenvalue weighted by molar-refractivity contribution is 5.85. The van der Waals surface area contributed by atoms with Crippen LogP contribution in [0.3, 0.4) is 0 Å². The van der Waals surface area contributed by atoms with Gasteiger partial charge in [0.25, 0.3) is 0 Å². The van der Waals surface area contributed by atoms with Crippen LogP contribution in [-0.4, -0.2) is 18.6 Å². The number of carbonyl (C=O) groups is 1. The van der Waals surface area contributed by atoms with Crippen LogP contribution in [0.2, 0.25) is 0 Å². The lowest BCUT2D eigenvalue weighted by atomic mass is 10.0. The van der Waals surface area contributed by atoms with Gasteiger partial charge in [0.05, 0.1) is 6.61 Å². The van der Waals surface area contributed by atoms with Crippen molar-refractivity contribution >= 4 is 18.4 Å². The molecule has 0 radical (unpaired) electrons. The third-order valence-corrected chi connectivity index (χ3v) is 2.29. The topological polar surface area (TPSA) is 52.3 Å². The number of rotatable bonds is 4. The van der Waals surface area contributed by atoms with Crippen LogP contribution in [0.5, 0.6) is 0 Å². The normalized spacial score (nSPS) is 11.4. The molecule has 0 aliphatic carbocycles. The molecule has 2 N–H and O–H groups in total. The van der Waals surface area contributed by atoms with E-state index in [0.29, 0.717) is 13.0 Å². The summed E-state index contributed by atoms with van der Waals surface area (Å²) < 4.78 is 4.85. The number of hydrogen-bond donors (Lipinski definition) is 1. The molecule has 4 heteroatoms. The largest absolute Gasteiger partial charge is 0.465 e. The number of benzene rings is 1. The average molecular weight is 244 g/mol. The average Bonchev–Trinajstić information content (AvgIpc) is 2.21. The number of esters is 1. The van der Waals surface area contributed by atoms with E-state index in [1.807, 2.05) is 31.2 Å². The summed E-state index contributed by atoms with van der Waals surface area (Å²) >= 11 is 0. The van der Waals surface area contributed by atoms with Crippen LogP contribution in [0.4, 0.5) is 0 Å². The number of hydrogen-bond acceptors (Lipinski definition) is 3. The van der Waals surface area contributed by atoms with Crippen molar-refractivity contribution in [1.82, 2.24) is 0 Å². The molecule has 0 unspecified atom stereocenters. The summed E-state index contributed by atoms with van der Waals surface area (Å²) in [6, 6.07) is 7.34. The number of aryl methyl sites for hydroxylation is 1. The SMILES string of the molecule is CCOC(=O)[C@@H](N)Cc1ccccc1C.Cl. The predicted octanol–water partition coefficient (Wildman–Crippen LogP) is 1.85. The highest BCUT2D eigenvalue weighted by Gasteiger charge is 2.15. The van der Waals surface area contributed by atoms with Gasteiger partial charge >= 0.3 is 5.97 Å². The van der Waals surface area contributed by atoms with E-state index in [-0.39, 0.29) is 18.4 Å². The zero-order chi connectivity index (χ0) is 11.3. The van der Waals surface area contributed by atoms with Crippen LogP contribution < -0.4 is 5.73 Å². The molecular weight excluding hydrogens is 226 g/mol. The summed E-state index contributed by atoms with van der Waals surface area (Å²) in [5.41, 5.74) is 7.98. The van der Waals surface area contributed by atoms with Gasteiger partial charge < -0.3 is 10.5 Å². The summed E-state index contributed by atoms with van der Waals surface area (Å²) in [6.45, 7) is 4.16. The Labute approximate surface area is 102 Å². The van der Waals surface area contributed by atoms with E-state index < -0.39 is 6.04 Å². The molecule has 0 fully saturated rings. The Kier molecular flexibility index (Phi) is 6.77. The van der Waals surface area contributed by atoms with Crippen LogP contribution in [0.1, 0.15) is 18.1 Å². The second-order valence-electron chi connectivity index (χ2n) is 3.49. The molecule has 0 amide bonds. The highest BCUT2D eigenvalue weighted by Crippen LogP contribution is 2.09. The lowest BCUT2D eigenvalue weighted by Crippen LogP contribution is -2.34. The van der Waals surface area contributed by atoms with Gasteiger partial charge in [-0.05, 0) is 31.4 Å². The maximum absolute atomic E-state index is 11.3. The molecule has 0 aliphatic rings. The first kappa shape index (κ1) is 14.9. The van der Waals surface area contributed by atoms with E-state index in [9.17, 15) is 4.79 Å². The van der Waals surface area contributed by atoms with Gasteiger partial charge in [0, 0.05) is 0 Å². The Hall–Kier alpha value is -1.06. The van der Waals surface area contributed by atoms with Crippen LogP contribution in [-0.2, 0) is 16.0 Å². The van der Waals surface area contributed by atoms with Crippen LogP contribution in [0.15, 0.2) is 24.3 Å². The quantitative estimate of drug-likeness (QED) is 0.822. The third kappa shape index (κ3) is 4.21. The molecule has 0 aliphatic heterocycles. The number of ether oxygens (including phenoxy) is 1. The molecule has 1 rings (SSSR count). The fraction of sp³-hybridized carbons (Fsp3) is 0.417. The van der Waals surface area contributed by atoms with Crippen molar-refractivity contribution in [2.24, 2.45) is 5.73 Å². The first-order valence-corrected chi connectivity index (χ1v) is 5.12. The Morgan fingerprint density at radius 3 is 2.62 bits per heavy atom. The minimum absolute atomic E-state index is 0. The zero-order valence-corrected chi connectivity index (χ0v) is 10.4. The van der Waals surface area contributed by atoms with Gasteiger partial charge in [-0.1, -0.05) is 24.3 Å². The Bertz CT molecular complexity index is 342. The molecule has 0 saturated carbocycles. The van der Waals surface area contributed by atoms with Crippen LogP contribution >= 0.6 is 12.4 Å². The molecular formula is C12H18ClNO2. The molecule has 0 bridgehead atoms. The minimum Gasteiger partial charge on any atom is -0.465 e. The molecule has 3 nitrogen and oxygen atoms in total. The molecule has 16 heavy (non-hydrogen) atoms. The molecule has 1 aromatic carbocycles. The van der Waals surface area contributed by atoms with E-state index in [1.54, 1.807) is 6.92 Å². The fourth-order valence-corrected chi connectivity index (χ4v) is 1.41. The minimum atomic E-state index is -0.564. The number of halogens is 1. The van der Waals surface area contributed by atoms with Crippen molar-refractivity contribution < 1.29 is 9.53 Å². The lowest BCUT2D eigenvalue weighted by molar-refractivity contribution is -0.144. The maximum Gasteiger partial charge on any atom is 0.323 e. The van der Waals surface area contributed by atoms with Crippen molar-refractivity contribution in [2.45, 2.75) is 26.3 Å². The summed E-state index contributed by atoms with van der Waals surface area (Å²) in [7, 11) is 0. The van der Waals surface area contributed by atoms with Gasteiger partial charge in [0.2, 0.25) is 0 Å². The van der Waals surface area contributed by atoms with Crippen molar-refractivity contribution in [3.8, 4) is 0 Å². The van der Waals surface area contributed by atoms with Gasteiger partial charge in [0.15, 0.2) is 0 Å². The molecule has 1 atom stereocenters. The molecule has 0 saturated heterocycles. The molecule has 1 aromatic rings. The van der Waals surface area contributed by atoms with E-state index in [4.69, 9.17) is 10.5 Å². The van der Waals surface area contributed by atoms with Gasteiger partial charge in [-0.25, -0.2) is 0 Å². The van der Waals surface area contributed by atoms with Crippen molar-refractivity contribution in [2.75, 3.05) is 6.61 Å². The summed E-state index contributed by atoms with van der Waals surface area (Å²) in [4.78, 5) is 11.3. The van der Waals surface area contributed by atoms with E-state index >= 15 is 0 Å².